The van der Waals surface area contributed by atoms with Crippen molar-refractivity contribution in [3.8, 4) is 0 Å². The first kappa shape index (κ1) is 14.0. The van der Waals surface area contributed by atoms with Gasteiger partial charge in [0.2, 0.25) is 0 Å². The Labute approximate surface area is 114 Å². The van der Waals surface area contributed by atoms with Gasteiger partial charge < -0.3 is 15.4 Å². The van der Waals surface area contributed by atoms with Crippen LogP contribution in [-0.2, 0) is 16.0 Å². The number of para-hydroxylation sites is 1. The molecular weight excluding hydrogens is 240 g/mol. The number of anilines is 1. The maximum absolute atomic E-state index is 12.0. The number of aryl methyl sites for hydroxylation is 1. The number of carbonyl (C=O) groups excluding carboxylic acids is 1. The zero-order valence-electron chi connectivity index (χ0n) is 11.6. The van der Waals surface area contributed by atoms with Gasteiger partial charge in [-0.05, 0) is 24.5 Å². The van der Waals surface area contributed by atoms with Crippen molar-refractivity contribution in [2.45, 2.75) is 38.8 Å². The van der Waals surface area contributed by atoms with E-state index in [1.165, 1.54) is 5.56 Å². The maximum atomic E-state index is 12.0. The lowest BCUT2D eigenvalue weighted by molar-refractivity contribution is -0.127. The standard InChI is InChI=1S/C15H22N2O2/c1-11(2)16-9-10-19-14-8-7-12-5-3-4-6-13(12)17-15(14)18/h3-6,11,14,16H,7-10H2,1-2H3,(H,17,18). The highest BCUT2D eigenvalue weighted by Gasteiger charge is 2.23. The Morgan fingerprint density at radius 1 is 1.42 bits per heavy atom. The Morgan fingerprint density at radius 2 is 2.21 bits per heavy atom. The van der Waals surface area contributed by atoms with Crippen molar-refractivity contribution in [2.24, 2.45) is 0 Å². The maximum Gasteiger partial charge on any atom is 0.253 e. The summed E-state index contributed by atoms with van der Waals surface area (Å²) in [4.78, 5) is 12.0. The normalized spacial score (nSPS) is 18.9. The molecule has 1 aromatic rings. The number of carbonyl (C=O) groups is 1. The number of fused-ring (bicyclic) bond motifs is 1. The molecule has 0 bridgehead atoms. The molecule has 1 heterocycles. The van der Waals surface area contributed by atoms with E-state index < -0.39 is 0 Å². The van der Waals surface area contributed by atoms with E-state index in [2.05, 4.69) is 30.5 Å². The van der Waals surface area contributed by atoms with Crippen LogP contribution in [0, 0.1) is 0 Å². The Balaban J connectivity index is 1.86. The molecule has 0 saturated heterocycles. The van der Waals surface area contributed by atoms with Crippen molar-refractivity contribution >= 4 is 11.6 Å². The average Bonchev–Trinajstić information content (AvgIpc) is 2.53. The minimum Gasteiger partial charge on any atom is -0.367 e. The highest BCUT2D eigenvalue weighted by molar-refractivity contribution is 5.95. The second-order valence-corrected chi connectivity index (χ2v) is 5.15. The zero-order chi connectivity index (χ0) is 13.7. The van der Waals surface area contributed by atoms with Crippen LogP contribution in [0.5, 0.6) is 0 Å². The van der Waals surface area contributed by atoms with Crippen molar-refractivity contribution < 1.29 is 9.53 Å². The van der Waals surface area contributed by atoms with E-state index in [1.807, 2.05) is 18.2 Å². The van der Waals surface area contributed by atoms with Crippen molar-refractivity contribution in [3.05, 3.63) is 29.8 Å². The number of amides is 1. The molecule has 4 nitrogen and oxygen atoms in total. The summed E-state index contributed by atoms with van der Waals surface area (Å²) in [7, 11) is 0. The van der Waals surface area contributed by atoms with Crippen LogP contribution in [0.2, 0.25) is 0 Å². The van der Waals surface area contributed by atoms with Crippen molar-refractivity contribution in [3.63, 3.8) is 0 Å². The Hall–Kier alpha value is -1.39. The number of hydrogen-bond acceptors (Lipinski definition) is 3. The minimum atomic E-state index is -0.346. The molecule has 104 valence electrons. The number of rotatable bonds is 5. The lowest BCUT2D eigenvalue weighted by atomic mass is 10.1. The van der Waals surface area contributed by atoms with Crippen LogP contribution >= 0.6 is 0 Å². The largest absolute Gasteiger partial charge is 0.367 e. The first-order valence-electron chi connectivity index (χ1n) is 6.90. The van der Waals surface area contributed by atoms with Crippen LogP contribution in [0.4, 0.5) is 5.69 Å². The van der Waals surface area contributed by atoms with Gasteiger partial charge in [-0.25, -0.2) is 0 Å². The molecule has 0 fully saturated rings. The summed E-state index contributed by atoms with van der Waals surface area (Å²) < 4.78 is 5.68. The monoisotopic (exact) mass is 262 g/mol. The molecule has 1 unspecified atom stereocenters. The fourth-order valence-corrected chi connectivity index (χ4v) is 2.20. The number of ether oxygens (including phenoxy) is 1. The molecule has 2 rings (SSSR count). The van der Waals surface area contributed by atoms with E-state index >= 15 is 0 Å². The summed E-state index contributed by atoms with van der Waals surface area (Å²) in [6.45, 7) is 5.52. The quantitative estimate of drug-likeness (QED) is 0.798. The van der Waals surface area contributed by atoms with Crippen molar-refractivity contribution in [2.75, 3.05) is 18.5 Å². The highest BCUT2D eigenvalue weighted by Crippen LogP contribution is 2.22. The molecule has 1 atom stereocenters. The van der Waals surface area contributed by atoms with Crippen LogP contribution in [-0.4, -0.2) is 31.2 Å². The Morgan fingerprint density at radius 3 is 3.00 bits per heavy atom. The molecule has 1 aliphatic heterocycles. The van der Waals surface area contributed by atoms with Crippen LogP contribution in [0.3, 0.4) is 0 Å². The van der Waals surface area contributed by atoms with Gasteiger partial charge in [-0.2, -0.15) is 0 Å². The summed E-state index contributed by atoms with van der Waals surface area (Å²) in [5.41, 5.74) is 2.10. The van der Waals surface area contributed by atoms with Gasteiger partial charge in [-0.15, -0.1) is 0 Å². The molecule has 4 heteroatoms. The molecule has 1 amide bonds. The molecule has 1 aliphatic rings. The number of nitrogens with one attached hydrogen (secondary N) is 2. The zero-order valence-corrected chi connectivity index (χ0v) is 11.6. The van der Waals surface area contributed by atoms with Gasteiger partial charge in [0, 0.05) is 18.3 Å². The van der Waals surface area contributed by atoms with E-state index in [0.29, 0.717) is 12.6 Å². The van der Waals surface area contributed by atoms with E-state index in [4.69, 9.17) is 4.74 Å². The van der Waals surface area contributed by atoms with E-state index in [1.54, 1.807) is 0 Å². The number of hydrogen-bond donors (Lipinski definition) is 2. The van der Waals surface area contributed by atoms with E-state index in [9.17, 15) is 4.79 Å². The SMILES string of the molecule is CC(C)NCCOC1CCc2ccccc2NC1=O. The van der Waals surface area contributed by atoms with Crippen LogP contribution < -0.4 is 10.6 Å². The lowest BCUT2D eigenvalue weighted by Gasteiger charge is -2.15. The molecule has 0 radical (unpaired) electrons. The topological polar surface area (TPSA) is 50.4 Å². The van der Waals surface area contributed by atoms with Crippen molar-refractivity contribution in [1.82, 2.24) is 5.32 Å². The molecule has 0 saturated carbocycles. The van der Waals surface area contributed by atoms with Gasteiger partial charge in [-0.1, -0.05) is 32.0 Å². The molecular formula is C15H22N2O2. The second kappa shape index (κ2) is 6.68. The first-order valence-corrected chi connectivity index (χ1v) is 6.90. The number of benzene rings is 1. The minimum absolute atomic E-state index is 0.0329. The fraction of sp³-hybridized carbons (Fsp3) is 0.533. The molecule has 0 spiro atoms. The molecule has 2 N–H and O–H groups in total. The molecule has 0 aliphatic carbocycles. The summed E-state index contributed by atoms with van der Waals surface area (Å²) in [6.07, 6.45) is 1.27. The summed E-state index contributed by atoms with van der Waals surface area (Å²) in [5.74, 6) is -0.0329. The van der Waals surface area contributed by atoms with Crippen molar-refractivity contribution in [1.29, 1.82) is 0 Å². The second-order valence-electron chi connectivity index (χ2n) is 5.15. The van der Waals surface area contributed by atoms with Crippen LogP contribution in [0.25, 0.3) is 0 Å². The molecule has 19 heavy (non-hydrogen) atoms. The molecule has 0 aromatic heterocycles. The average molecular weight is 262 g/mol. The first-order chi connectivity index (χ1) is 9.16. The Kier molecular flexibility index (Phi) is 4.93. The fourth-order valence-electron chi connectivity index (χ4n) is 2.20. The Bertz CT molecular complexity index is 432. The third-order valence-corrected chi connectivity index (χ3v) is 3.22. The van der Waals surface area contributed by atoms with Gasteiger partial charge >= 0.3 is 0 Å². The van der Waals surface area contributed by atoms with Gasteiger partial charge in [0.1, 0.15) is 6.10 Å². The van der Waals surface area contributed by atoms with Gasteiger partial charge in [0.15, 0.2) is 0 Å². The van der Waals surface area contributed by atoms with Crippen LogP contribution in [0.1, 0.15) is 25.8 Å². The van der Waals surface area contributed by atoms with Gasteiger partial charge in [-0.3, -0.25) is 4.79 Å². The third-order valence-electron chi connectivity index (χ3n) is 3.22. The highest BCUT2D eigenvalue weighted by atomic mass is 16.5. The van der Waals surface area contributed by atoms with E-state index in [0.717, 1.165) is 25.1 Å². The predicted molar refractivity (Wildman–Crippen MR) is 76.3 cm³/mol. The smallest absolute Gasteiger partial charge is 0.253 e. The van der Waals surface area contributed by atoms with Gasteiger partial charge in [0.05, 0.1) is 6.61 Å². The predicted octanol–water partition coefficient (Wildman–Crippen LogP) is 1.95. The summed E-state index contributed by atoms with van der Waals surface area (Å²) in [6, 6.07) is 8.37. The van der Waals surface area contributed by atoms with E-state index in [-0.39, 0.29) is 12.0 Å². The summed E-state index contributed by atoms with van der Waals surface area (Å²) >= 11 is 0. The lowest BCUT2D eigenvalue weighted by Crippen LogP contribution is -2.33. The van der Waals surface area contributed by atoms with Crippen LogP contribution in [0.15, 0.2) is 24.3 Å². The van der Waals surface area contributed by atoms with Gasteiger partial charge in [0.25, 0.3) is 5.91 Å². The third kappa shape index (κ3) is 4.04. The molecule has 1 aromatic carbocycles. The summed E-state index contributed by atoms with van der Waals surface area (Å²) in [5, 5.41) is 6.21.